The fourth-order valence-corrected chi connectivity index (χ4v) is 2.28. The highest BCUT2D eigenvalue weighted by Crippen LogP contribution is 2.25. The number of rotatable bonds is 6. The summed E-state index contributed by atoms with van der Waals surface area (Å²) in [5, 5.41) is 3.75. The Morgan fingerprint density at radius 2 is 1.38 bits per heavy atom. The van der Waals surface area contributed by atoms with Crippen molar-refractivity contribution in [1.82, 2.24) is 5.32 Å². The van der Waals surface area contributed by atoms with Crippen LogP contribution in [0.2, 0.25) is 0 Å². The predicted molar refractivity (Wildman–Crippen MR) is 88.7 cm³/mol. The predicted octanol–water partition coefficient (Wildman–Crippen LogP) is 4.42. The van der Waals surface area contributed by atoms with Gasteiger partial charge in [-0.1, -0.05) is 56.3 Å². The van der Waals surface area contributed by atoms with Crippen molar-refractivity contribution < 1.29 is 4.74 Å². The highest BCUT2D eigenvalue weighted by molar-refractivity contribution is 5.35. The molecule has 0 radical (unpaired) electrons. The van der Waals surface area contributed by atoms with Gasteiger partial charge in [-0.15, -0.1) is 0 Å². The van der Waals surface area contributed by atoms with Crippen molar-refractivity contribution in [1.29, 1.82) is 0 Å². The lowest BCUT2D eigenvalue weighted by atomic mass is 9.96. The summed E-state index contributed by atoms with van der Waals surface area (Å²) in [6.07, 6.45) is 0. The first kappa shape index (κ1) is 15.6. The molecule has 2 unspecified atom stereocenters. The summed E-state index contributed by atoms with van der Waals surface area (Å²) in [6.45, 7) is 6.73. The van der Waals surface area contributed by atoms with E-state index in [0.717, 1.165) is 5.75 Å². The molecule has 0 bridgehead atoms. The van der Waals surface area contributed by atoms with E-state index in [1.807, 2.05) is 12.1 Å². The van der Waals surface area contributed by atoms with Crippen molar-refractivity contribution in [2.75, 3.05) is 7.11 Å². The van der Waals surface area contributed by atoms with Gasteiger partial charge in [0, 0.05) is 6.04 Å². The number of methoxy groups -OCH3 is 1. The highest BCUT2D eigenvalue weighted by atomic mass is 16.5. The molecule has 0 aromatic heterocycles. The Balaban J connectivity index is 2.30. The molecule has 0 aliphatic carbocycles. The molecular formula is C19H25NO. The van der Waals surface area contributed by atoms with E-state index >= 15 is 0 Å². The van der Waals surface area contributed by atoms with Crippen molar-refractivity contribution in [3.63, 3.8) is 0 Å². The van der Waals surface area contributed by atoms with Crippen LogP contribution in [0.25, 0.3) is 0 Å². The van der Waals surface area contributed by atoms with E-state index in [-0.39, 0.29) is 6.04 Å². The second kappa shape index (κ2) is 7.28. The Hall–Kier alpha value is -1.80. The van der Waals surface area contributed by atoms with Crippen LogP contribution in [-0.2, 0) is 0 Å². The first-order valence-electron chi connectivity index (χ1n) is 7.56. The van der Waals surface area contributed by atoms with Crippen LogP contribution < -0.4 is 10.1 Å². The van der Waals surface area contributed by atoms with Crippen molar-refractivity contribution in [2.24, 2.45) is 5.92 Å². The zero-order valence-corrected chi connectivity index (χ0v) is 13.3. The van der Waals surface area contributed by atoms with E-state index in [1.165, 1.54) is 11.1 Å². The fraction of sp³-hybridized carbons (Fsp3) is 0.368. The topological polar surface area (TPSA) is 21.3 Å². The molecule has 2 aromatic carbocycles. The Kier molecular flexibility index (Phi) is 5.40. The molecule has 2 heteroatoms. The largest absolute Gasteiger partial charge is 0.497 e. The minimum absolute atomic E-state index is 0.203. The summed E-state index contributed by atoms with van der Waals surface area (Å²) in [5.74, 6) is 1.48. The van der Waals surface area contributed by atoms with Gasteiger partial charge < -0.3 is 10.1 Å². The first-order chi connectivity index (χ1) is 10.1. The van der Waals surface area contributed by atoms with Gasteiger partial charge in [0.15, 0.2) is 0 Å². The van der Waals surface area contributed by atoms with Crippen LogP contribution in [0.4, 0.5) is 0 Å². The second-order valence-corrected chi connectivity index (χ2v) is 5.82. The summed E-state index contributed by atoms with van der Waals surface area (Å²) < 4.78 is 5.25. The number of benzene rings is 2. The average molecular weight is 283 g/mol. The molecule has 112 valence electrons. The van der Waals surface area contributed by atoms with Gasteiger partial charge in [0.2, 0.25) is 0 Å². The summed E-state index contributed by atoms with van der Waals surface area (Å²) >= 11 is 0. The maximum Gasteiger partial charge on any atom is 0.118 e. The molecule has 0 saturated heterocycles. The number of hydrogen-bond acceptors (Lipinski definition) is 2. The molecule has 0 amide bonds. The molecule has 2 aromatic rings. The standard InChI is InChI=1S/C19H25NO/c1-14(2)15(3)20-19(16-8-6-5-7-9-16)17-10-12-18(21-4)13-11-17/h5-15,19-20H,1-4H3. The first-order valence-corrected chi connectivity index (χ1v) is 7.56. The molecule has 0 fully saturated rings. The molecule has 0 spiro atoms. The van der Waals surface area contributed by atoms with E-state index in [0.29, 0.717) is 12.0 Å². The van der Waals surface area contributed by atoms with Crippen molar-refractivity contribution in [3.05, 3.63) is 65.7 Å². The lowest BCUT2D eigenvalue weighted by molar-refractivity contribution is 0.398. The molecule has 0 saturated carbocycles. The van der Waals surface area contributed by atoms with Gasteiger partial charge in [0.1, 0.15) is 5.75 Å². The lowest BCUT2D eigenvalue weighted by Crippen LogP contribution is -2.34. The van der Waals surface area contributed by atoms with Crippen LogP contribution in [0.1, 0.15) is 37.9 Å². The molecule has 0 aliphatic rings. The number of hydrogen-bond donors (Lipinski definition) is 1. The van der Waals surface area contributed by atoms with Gasteiger partial charge >= 0.3 is 0 Å². The number of ether oxygens (including phenoxy) is 1. The van der Waals surface area contributed by atoms with Gasteiger partial charge in [0.25, 0.3) is 0 Å². The van der Waals surface area contributed by atoms with Gasteiger partial charge in [-0.05, 0) is 36.1 Å². The monoisotopic (exact) mass is 283 g/mol. The molecule has 2 atom stereocenters. The average Bonchev–Trinajstić information content (AvgIpc) is 2.53. The maximum atomic E-state index is 5.25. The third kappa shape index (κ3) is 4.08. The summed E-state index contributed by atoms with van der Waals surface area (Å²) in [7, 11) is 1.70. The summed E-state index contributed by atoms with van der Waals surface area (Å²) in [4.78, 5) is 0. The van der Waals surface area contributed by atoms with E-state index < -0.39 is 0 Å². The molecule has 21 heavy (non-hydrogen) atoms. The fourth-order valence-electron chi connectivity index (χ4n) is 2.28. The molecule has 0 aliphatic heterocycles. The Morgan fingerprint density at radius 1 is 0.810 bits per heavy atom. The Morgan fingerprint density at radius 3 is 1.90 bits per heavy atom. The van der Waals surface area contributed by atoms with Crippen molar-refractivity contribution in [3.8, 4) is 5.75 Å². The van der Waals surface area contributed by atoms with Crippen molar-refractivity contribution in [2.45, 2.75) is 32.9 Å². The molecular weight excluding hydrogens is 258 g/mol. The number of nitrogens with one attached hydrogen (secondary N) is 1. The smallest absolute Gasteiger partial charge is 0.118 e. The molecule has 0 heterocycles. The van der Waals surface area contributed by atoms with Crippen LogP contribution in [0.5, 0.6) is 5.75 Å². The van der Waals surface area contributed by atoms with Crippen molar-refractivity contribution >= 4 is 0 Å². The zero-order chi connectivity index (χ0) is 15.2. The van der Waals surface area contributed by atoms with Crippen LogP contribution in [-0.4, -0.2) is 13.2 Å². The van der Waals surface area contributed by atoms with Crippen LogP contribution in [0.3, 0.4) is 0 Å². The molecule has 2 rings (SSSR count). The minimum Gasteiger partial charge on any atom is -0.497 e. The summed E-state index contributed by atoms with van der Waals surface area (Å²) in [6, 6.07) is 19.5. The normalized spacial score (nSPS) is 14.0. The Labute approximate surface area is 128 Å². The minimum atomic E-state index is 0.203. The van der Waals surface area contributed by atoms with E-state index in [9.17, 15) is 0 Å². The van der Waals surface area contributed by atoms with Gasteiger partial charge in [-0.2, -0.15) is 0 Å². The molecule has 2 nitrogen and oxygen atoms in total. The zero-order valence-electron chi connectivity index (χ0n) is 13.3. The third-order valence-corrected chi connectivity index (χ3v) is 4.01. The maximum absolute atomic E-state index is 5.25. The van der Waals surface area contributed by atoms with Gasteiger partial charge in [-0.25, -0.2) is 0 Å². The molecule has 1 N–H and O–H groups in total. The van der Waals surface area contributed by atoms with Crippen LogP contribution in [0, 0.1) is 5.92 Å². The van der Waals surface area contributed by atoms with E-state index in [1.54, 1.807) is 7.11 Å². The SMILES string of the molecule is COc1ccc(C(NC(C)C(C)C)c2ccccc2)cc1. The van der Waals surface area contributed by atoms with Crippen LogP contribution >= 0.6 is 0 Å². The lowest BCUT2D eigenvalue weighted by Gasteiger charge is -2.26. The van der Waals surface area contributed by atoms with E-state index in [4.69, 9.17) is 4.74 Å². The van der Waals surface area contributed by atoms with Crippen LogP contribution in [0.15, 0.2) is 54.6 Å². The van der Waals surface area contributed by atoms with Gasteiger partial charge in [0.05, 0.1) is 13.2 Å². The second-order valence-electron chi connectivity index (χ2n) is 5.82. The Bertz CT molecular complexity index is 533. The van der Waals surface area contributed by atoms with Gasteiger partial charge in [-0.3, -0.25) is 0 Å². The summed E-state index contributed by atoms with van der Waals surface area (Å²) in [5.41, 5.74) is 2.55. The highest BCUT2D eigenvalue weighted by Gasteiger charge is 2.18. The third-order valence-electron chi connectivity index (χ3n) is 4.01. The van der Waals surface area contributed by atoms with E-state index in [2.05, 4.69) is 68.6 Å². The quantitative estimate of drug-likeness (QED) is 0.847.